The zero-order valence-corrected chi connectivity index (χ0v) is 11.3. The highest BCUT2D eigenvalue weighted by Crippen LogP contribution is 2.23. The van der Waals surface area contributed by atoms with Crippen LogP contribution >= 0.6 is 0 Å². The molecule has 1 heterocycles. The quantitative estimate of drug-likeness (QED) is 0.916. The predicted octanol–water partition coefficient (Wildman–Crippen LogP) is 1.62. The fourth-order valence-corrected chi connectivity index (χ4v) is 2.25. The van der Waals surface area contributed by atoms with Gasteiger partial charge in [-0.3, -0.25) is 9.59 Å². The van der Waals surface area contributed by atoms with Gasteiger partial charge in [0.05, 0.1) is 12.0 Å². The maximum Gasteiger partial charge on any atom is 0.228 e. The number of carbonyl (C=O) groups excluding carboxylic acids is 2. The van der Waals surface area contributed by atoms with E-state index in [9.17, 15) is 18.4 Å². The Kier molecular flexibility index (Phi) is 4.01. The standard InChI is InChI=1S/C14H16F2N2O2/c1-8(9-3-4-11(15)12(16)5-9)18(2)14(20)10-6-13(19)17-7-10/h3-5,8,10H,6-7H2,1-2H3,(H,17,19). The molecule has 4 nitrogen and oxygen atoms in total. The highest BCUT2D eigenvalue weighted by Gasteiger charge is 2.32. The Morgan fingerprint density at radius 1 is 1.40 bits per heavy atom. The van der Waals surface area contributed by atoms with Crippen molar-refractivity contribution < 1.29 is 18.4 Å². The first kappa shape index (κ1) is 14.4. The van der Waals surface area contributed by atoms with E-state index in [0.29, 0.717) is 12.1 Å². The lowest BCUT2D eigenvalue weighted by Gasteiger charge is -2.27. The molecule has 0 spiro atoms. The summed E-state index contributed by atoms with van der Waals surface area (Å²) in [6.07, 6.45) is 0.174. The largest absolute Gasteiger partial charge is 0.355 e. The minimum Gasteiger partial charge on any atom is -0.355 e. The van der Waals surface area contributed by atoms with Crippen LogP contribution in [0.4, 0.5) is 8.78 Å². The molecule has 1 aliphatic rings. The molecule has 1 N–H and O–H groups in total. The summed E-state index contributed by atoms with van der Waals surface area (Å²) in [5, 5.41) is 2.60. The number of hydrogen-bond acceptors (Lipinski definition) is 2. The lowest BCUT2D eigenvalue weighted by Crippen LogP contribution is -2.35. The first-order chi connectivity index (χ1) is 9.40. The van der Waals surface area contributed by atoms with Gasteiger partial charge in [-0.15, -0.1) is 0 Å². The van der Waals surface area contributed by atoms with Gasteiger partial charge in [0.1, 0.15) is 0 Å². The lowest BCUT2D eigenvalue weighted by molar-refractivity contribution is -0.136. The van der Waals surface area contributed by atoms with Crippen LogP contribution in [0.2, 0.25) is 0 Å². The summed E-state index contributed by atoms with van der Waals surface area (Å²) >= 11 is 0. The molecule has 1 aliphatic heterocycles. The van der Waals surface area contributed by atoms with Gasteiger partial charge in [0.25, 0.3) is 0 Å². The zero-order chi connectivity index (χ0) is 14.9. The van der Waals surface area contributed by atoms with Crippen molar-refractivity contribution in [3.63, 3.8) is 0 Å². The number of rotatable bonds is 3. The van der Waals surface area contributed by atoms with Crippen LogP contribution in [0, 0.1) is 17.6 Å². The molecule has 2 amide bonds. The molecule has 0 aromatic heterocycles. The van der Waals surface area contributed by atoms with Crippen molar-refractivity contribution in [2.45, 2.75) is 19.4 Å². The second-order valence-corrected chi connectivity index (χ2v) is 5.00. The molecular formula is C14H16F2N2O2. The molecule has 1 aromatic rings. The molecule has 1 fully saturated rings. The molecule has 0 saturated carbocycles. The normalized spacial score (nSPS) is 19.6. The van der Waals surface area contributed by atoms with Crippen LogP contribution in [0.5, 0.6) is 0 Å². The molecule has 6 heteroatoms. The summed E-state index contributed by atoms with van der Waals surface area (Å²) in [7, 11) is 1.59. The van der Waals surface area contributed by atoms with Crippen LogP contribution in [-0.2, 0) is 9.59 Å². The van der Waals surface area contributed by atoms with E-state index in [4.69, 9.17) is 0 Å². The Balaban J connectivity index is 2.11. The highest BCUT2D eigenvalue weighted by atomic mass is 19.2. The average Bonchev–Trinajstić information content (AvgIpc) is 2.86. The van der Waals surface area contributed by atoms with Crippen molar-refractivity contribution >= 4 is 11.8 Å². The summed E-state index contributed by atoms with van der Waals surface area (Å²) in [5.74, 6) is -2.56. The van der Waals surface area contributed by atoms with Crippen LogP contribution in [0.15, 0.2) is 18.2 Å². The molecule has 2 rings (SSSR count). The number of hydrogen-bond donors (Lipinski definition) is 1. The van der Waals surface area contributed by atoms with Crippen molar-refractivity contribution in [1.82, 2.24) is 10.2 Å². The number of benzene rings is 1. The number of halogens is 2. The second kappa shape index (κ2) is 5.56. The number of carbonyl (C=O) groups is 2. The molecule has 0 aliphatic carbocycles. The first-order valence-electron chi connectivity index (χ1n) is 6.38. The van der Waals surface area contributed by atoms with Crippen molar-refractivity contribution in [1.29, 1.82) is 0 Å². The van der Waals surface area contributed by atoms with Crippen LogP contribution in [0.25, 0.3) is 0 Å². The van der Waals surface area contributed by atoms with Gasteiger partial charge in [-0.1, -0.05) is 6.07 Å². The fourth-order valence-electron chi connectivity index (χ4n) is 2.25. The SMILES string of the molecule is CC(c1ccc(F)c(F)c1)N(C)C(=O)C1CNC(=O)C1. The van der Waals surface area contributed by atoms with E-state index >= 15 is 0 Å². The van der Waals surface area contributed by atoms with E-state index in [1.807, 2.05) is 0 Å². The third kappa shape index (κ3) is 2.79. The van der Waals surface area contributed by atoms with Gasteiger partial charge in [0, 0.05) is 20.0 Å². The van der Waals surface area contributed by atoms with Gasteiger partial charge < -0.3 is 10.2 Å². The van der Waals surface area contributed by atoms with E-state index in [-0.39, 0.29) is 24.2 Å². The second-order valence-electron chi connectivity index (χ2n) is 5.00. The van der Waals surface area contributed by atoms with Gasteiger partial charge in [-0.05, 0) is 24.6 Å². The van der Waals surface area contributed by atoms with E-state index in [1.165, 1.54) is 11.0 Å². The number of amides is 2. The Morgan fingerprint density at radius 3 is 2.65 bits per heavy atom. The summed E-state index contributed by atoms with van der Waals surface area (Å²) in [6, 6.07) is 3.18. The van der Waals surface area contributed by atoms with Crippen molar-refractivity contribution in [3.8, 4) is 0 Å². The fraction of sp³-hybridized carbons (Fsp3) is 0.429. The van der Waals surface area contributed by atoms with Gasteiger partial charge in [-0.25, -0.2) is 8.78 Å². The molecule has 2 atom stereocenters. The van der Waals surface area contributed by atoms with E-state index in [2.05, 4.69) is 5.32 Å². The minimum absolute atomic E-state index is 0.141. The van der Waals surface area contributed by atoms with Crippen LogP contribution in [0.1, 0.15) is 24.9 Å². The topological polar surface area (TPSA) is 49.4 Å². The van der Waals surface area contributed by atoms with Gasteiger partial charge in [-0.2, -0.15) is 0 Å². The maximum atomic E-state index is 13.2. The maximum absolute atomic E-state index is 13.2. The van der Waals surface area contributed by atoms with Crippen LogP contribution < -0.4 is 5.32 Å². The van der Waals surface area contributed by atoms with Gasteiger partial charge >= 0.3 is 0 Å². The summed E-state index contributed by atoms with van der Waals surface area (Å²) in [6.45, 7) is 2.06. The van der Waals surface area contributed by atoms with Crippen molar-refractivity contribution in [3.05, 3.63) is 35.4 Å². The van der Waals surface area contributed by atoms with Crippen molar-refractivity contribution in [2.75, 3.05) is 13.6 Å². The van der Waals surface area contributed by atoms with Crippen LogP contribution in [0.3, 0.4) is 0 Å². The Labute approximate surface area is 115 Å². The Bertz CT molecular complexity index is 548. The summed E-state index contributed by atoms with van der Waals surface area (Å²) < 4.78 is 26.1. The van der Waals surface area contributed by atoms with Crippen LogP contribution in [-0.4, -0.2) is 30.3 Å². The minimum atomic E-state index is -0.937. The molecule has 0 bridgehead atoms. The summed E-state index contributed by atoms with van der Waals surface area (Å²) in [5.41, 5.74) is 0.511. The molecule has 0 radical (unpaired) electrons. The predicted molar refractivity (Wildman–Crippen MR) is 68.7 cm³/mol. The monoisotopic (exact) mass is 282 g/mol. The third-order valence-electron chi connectivity index (χ3n) is 3.68. The highest BCUT2D eigenvalue weighted by molar-refractivity contribution is 5.89. The Morgan fingerprint density at radius 2 is 2.10 bits per heavy atom. The van der Waals surface area contributed by atoms with Crippen molar-refractivity contribution in [2.24, 2.45) is 5.92 Å². The van der Waals surface area contributed by atoms with Gasteiger partial charge in [0.2, 0.25) is 11.8 Å². The van der Waals surface area contributed by atoms with E-state index < -0.39 is 17.7 Å². The molecule has 20 heavy (non-hydrogen) atoms. The smallest absolute Gasteiger partial charge is 0.228 e. The van der Waals surface area contributed by atoms with Gasteiger partial charge in [0.15, 0.2) is 11.6 Å². The number of nitrogens with zero attached hydrogens (tertiary/aromatic N) is 1. The van der Waals surface area contributed by atoms with E-state index in [1.54, 1.807) is 14.0 Å². The third-order valence-corrected chi connectivity index (χ3v) is 3.68. The first-order valence-corrected chi connectivity index (χ1v) is 6.38. The Hall–Kier alpha value is -1.98. The summed E-state index contributed by atoms with van der Waals surface area (Å²) in [4.78, 5) is 24.8. The average molecular weight is 282 g/mol. The van der Waals surface area contributed by atoms with E-state index in [0.717, 1.165) is 12.1 Å². The molecule has 108 valence electrons. The zero-order valence-electron chi connectivity index (χ0n) is 11.3. The molecule has 1 aromatic carbocycles. The lowest BCUT2D eigenvalue weighted by atomic mass is 10.0. The number of nitrogens with one attached hydrogen (secondary N) is 1. The molecular weight excluding hydrogens is 266 g/mol. The molecule has 2 unspecified atom stereocenters. The molecule has 1 saturated heterocycles.